The maximum atomic E-state index is 12.0. The molecule has 0 radical (unpaired) electrons. The normalized spacial score (nSPS) is 12.7. The summed E-state index contributed by atoms with van der Waals surface area (Å²) in [6, 6.07) is 9.91. The van der Waals surface area contributed by atoms with E-state index in [0.717, 1.165) is 30.6 Å². The first kappa shape index (κ1) is 15.7. The quantitative estimate of drug-likeness (QED) is 0.848. The molecule has 2 amide bonds. The first-order valence-corrected chi connectivity index (χ1v) is 8.76. The first-order valence-electron chi connectivity index (χ1n) is 7.94. The molecule has 5 heteroatoms. The highest BCUT2D eigenvalue weighted by Crippen LogP contribution is 2.24. The largest absolute Gasteiger partial charge is 0.343 e. The second kappa shape index (κ2) is 6.96. The number of rotatable bonds is 4. The van der Waals surface area contributed by atoms with Gasteiger partial charge in [-0.25, -0.2) is 0 Å². The van der Waals surface area contributed by atoms with Crippen LogP contribution in [-0.2, 0) is 35.4 Å². The molecule has 4 nitrogen and oxygen atoms in total. The lowest BCUT2D eigenvalue weighted by atomic mass is 10.1. The fourth-order valence-electron chi connectivity index (χ4n) is 2.79. The van der Waals surface area contributed by atoms with Crippen molar-refractivity contribution in [2.75, 3.05) is 5.32 Å². The fourth-order valence-corrected chi connectivity index (χ4v) is 3.69. The van der Waals surface area contributed by atoms with Crippen LogP contribution in [0.15, 0.2) is 30.3 Å². The van der Waals surface area contributed by atoms with Gasteiger partial charge >= 0.3 is 11.8 Å². The molecule has 3 rings (SSSR count). The molecule has 0 aliphatic heterocycles. The van der Waals surface area contributed by atoms with Crippen LogP contribution in [0.1, 0.15) is 34.2 Å². The van der Waals surface area contributed by atoms with Crippen molar-refractivity contribution in [3.8, 4) is 0 Å². The molecular formula is C18H20N2O2S. The van der Waals surface area contributed by atoms with E-state index in [9.17, 15) is 9.59 Å². The molecule has 0 unspecified atom stereocenters. The lowest BCUT2D eigenvalue weighted by Gasteiger charge is -2.07. The number of carbonyl (C=O) groups is 2. The van der Waals surface area contributed by atoms with Gasteiger partial charge in [0.25, 0.3) is 0 Å². The Balaban J connectivity index is 1.54. The van der Waals surface area contributed by atoms with Crippen molar-refractivity contribution in [2.24, 2.45) is 0 Å². The molecule has 0 saturated heterocycles. The zero-order valence-corrected chi connectivity index (χ0v) is 14.0. The smallest absolute Gasteiger partial charge is 0.313 e. The Morgan fingerprint density at radius 3 is 2.61 bits per heavy atom. The van der Waals surface area contributed by atoms with E-state index in [-0.39, 0.29) is 0 Å². The first-order chi connectivity index (χ1) is 11.2. The van der Waals surface area contributed by atoms with Crippen LogP contribution < -0.4 is 10.6 Å². The second-order valence-electron chi connectivity index (χ2n) is 5.70. The van der Waals surface area contributed by atoms with Gasteiger partial charge in [-0.1, -0.05) is 13.0 Å². The summed E-state index contributed by atoms with van der Waals surface area (Å²) >= 11 is 1.66. The van der Waals surface area contributed by atoms with Crippen LogP contribution in [0, 0.1) is 0 Å². The third-order valence-electron chi connectivity index (χ3n) is 4.05. The zero-order chi connectivity index (χ0) is 16.2. The second-order valence-corrected chi connectivity index (χ2v) is 6.95. The van der Waals surface area contributed by atoms with Gasteiger partial charge in [0.2, 0.25) is 0 Å². The standard InChI is InChI=1S/C18H20N2O2S/c1-2-15-8-9-16(23-15)11-19-17(21)18(22)20-14-7-6-12-4-3-5-13(12)10-14/h6-10H,2-5,11H2,1H3,(H,19,21)(H,20,22). The predicted molar refractivity (Wildman–Crippen MR) is 92.6 cm³/mol. The van der Waals surface area contributed by atoms with Crippen LogP contribution in [0.3, 0.4) is 0 Å². The Morgan fingerprint density at radius 2 is 1.83 bits per heavy atom. The molecule has 0 bridgehead atoms. The number of hydrogen-bond donors (Lipinski definition) is 2. The van der Waals surface area contributed by atoms with Crippen molar-refractivity contribution in [3.63, 3.8) is 0 Å². The molecular weight excluding hydrogens is 308 g/mol. The van der Waals surface area contributed by atoms with Gasteiger partial charge < -0.3 is 10.6 Å². The van der Waals surface area contributed by atoms with Crippen molar-refractivity contribution >= 4 is 28.8 Å². The average Bonchev–Trinajstić information content (AvgIpc) is 3.20. The van der Waals surface area contributed by atoms with E-state index in [4.69, 9.17) is 0 Å². The number of benzene rings is 1. The summed E-state index contributed by atoms with van der Waals surface area (Å²) in [5, 5.41) is 5.34. The van der Waals surface area contributed by atoms with E-state index < -0.39 is 11.8 Å². The zero-order valence-electron chi connectivity index (χ0n) is 13.1. The molecule has 1 aliphatic rings. The summed E-state index contributed by atoms with van der Waals surface area (Å²) in [4.78, 5) is 26.2. The molecule has 2 aromatic rings. The molecule has 2 N–H and O–H groups in total. The van der Waals surface area contributed by atoms with E-state index in [1.54, 1.807) is 11.3 Å². The van der Waals surface area contributed by atoms with Crippen molar-refractivity contribution in [1.82, 2.24) is 5.32 Å². The highest BCUT2D eigenvalue weighted by Gasteiger charge is 2.16. The summed E-state index contributed by atoms with van der Waals surface area (Å²) in [6.45, 7) is 2.49. The van der Waals surface area contributed by atoms with Crippen molar-refractivity contribution < 1.29 is 9.59 Å². The number of thiophene rings is 1. The Hall–Kier alpha value is -2.14. The summed E-state index contributed by atoms with van der Waals surface area (Å²) in [7, 11) is 0. The van der Waals surface area contributed by atoms with Crippen LogP contribution in [0.4, 0.5) is 5.69 Å². The molecule has 0 saturated carbocycles. The molecule has 0 spiro atoms. The number of nitrogens with one attached hydrogen (secondary N) is 2. The minimum Gasteiger partial charge on any atom is -0.343 e. The number of hydrogen-bond acceptors (Lipinski definition) is 3. The molecule has 23 heavy (non-hydrogen) atoms. The molecule has 120 valence electrons. The van der Waals surface area contributed by atoms with Gasteiger partial charge in [-0.15, -0.1) is 11.3 Å². The maximum Gasteiger partial charge on any atom is 0.313 e. The van der Waals surface area contributed by atoms with Gasteiger partial charge in [0, 0.05) is 15.4 Å². The van der Waals surface area contributed by atoms with E-state index in [1.165, 1.54) is 16.0 Å². The van der Waals surface area contributed by atoms with Crippen molar-refractivity contribution in [2.45, 2.75) is 39.2 Å². The average molecular weight is 328 g/mol. The van der Waals surface area contributed by atoms with Crippen LogP contribution in [0.25, 0.3) is 0 Å². The molecule has 0 fully saturated rings. The van der Waals surface area contributed by atoms with Crippen LogP contribution in [0.2, 0.25) is 0 Å². The van der Waals surface area contributed by atoms with Gasteiger partial charge in [-0.05, 0) is 61.1 Å². The summed E-state index contributed by atoms with van der Waals surface area (Å²) < 4.78 is 0. The van der Waals surface area contributed by atoms with Gasteiger partial charge in [0.1, 0.15) is 0 Å². The van der Waals surface area contributed by atoms with E-state index in [2.05, 4.69) is 23.6 Å². The lowest BCUT2D eigenvalue weighted by Crippen LogP contribution is -2.34. The maximum absolute atomic E-state index is 12.0. The molecule has 0 atom stereocenters. The fraction of sp³-hybridized carbons (Fsp3) is 0.333. The summed E-state index contributed by atoms with van der Waals surface area (Å²) in [6.07, 6.45) is 4.29. The van der Waals surface area contributed by atoms with Crippen molar-refractivity contribution in [3.05, 3.63) is 51.2 Å². The highest BCUT2D eigenvalue weighted by atomic mass is 32.1. The molecule has 1 aromatic heterocycles. The van der Waals surface area contributed by atoms with Gasteiger partial charge in [-0.2, -0.15) is 0 Å². The third kappa shape index (κ3) is 3.79. The minimum absolute atomic E-state index is 0.390. The lowest BCUT2D eigenvalue weighted by molar-refractivity contribution is -0.136. The Labute approximate surface area is 139 Å². The predicted octanol–water partition coefficient (Wildman–Crippen LogP) is 3.05. The van der Waals surface area contributed by atoms with Gasteiger partial charge in [0.15, 0.2) is 0 Å². The Kier molecular flexibility index (Phi) is 4.76. The van der Waals surface area contributed by atoms with E-state index >= 15 is 0 Å². The van der Waals surface area contributed by atoms with Crippen molar-refractivity contribution in [1.29, 1.82) is 0 Å². The van der Waals surface area contributed by atoms with Crippen LogP contribution in [0.5, 0.6) is 0 Å². The SMILES string of the molecule is CCc1ccc(CNC(=O)C(=O)Nc2ccc3c(c2)CCC3)s1. The number of amides is 2. The minimum atomic E-state index is -0.616. The van der Waals surface area contributed by atoms with Gasteiger partial charge in [0.05, 0.1) is 6.54 Å². The number of anilines is 1. The number of aryl methyl sites for hydroxylation is 3. The molecule has 1 aromatic carbocycles. The summed E-state index contributed by atoms with van der Waals surface area (Å²) in [5.41, 5.74) is 3.31. The van der Waals surface area contributed by atoms with E-state index in [1.807, 2.05) is 24.3 Å². The Morgan fingerprint density at radius 1 is 1.04 bits per heavy atom. The van der Waals surface area contributed by atoms with E-state index in [0.29, 0.717) is 12.2 Å². The topological polar surface area (TPSA) is 58.2 Å². The number of fused-ring (bicyclic) bond motifs is 1. The Bertz CT molecular complexity index is 736. The molecule has 1 aliphatic carbocycles. The highest BCUT2D eigenvalue weighted by molar-refractivity contribution is 7.11. The number of carbonyl (C=O) groups excluding carboxylic acids is 2. The molecule has 1 heterocycles. The van der Waals surface area contributed by atoms with Gasteiger partial charge in [-0.3, -0.25) is 9.59 Å². The van der Waals surface area contributed by atoms with Crippen LogP contribution >= 0.6 is 11.3 Å². The third-order valence-corrected chi connectivity index (χ3v) is 5.28. The summed E-state index contributed by atoms with van der Waals surface area (Å²) in [5.74, 6) is -1.22. The monoisotopic (exact) mass is 328 g/mol. The van der Waals surface area contributed by atoms with Crippen LogP contribution in [-0.4, -0.2) is 11.8 Å².